The molecule has 2 aromatic carbocycles. The Morgan fingerprint density at radius 3 is 2.30 bits per heavy atom. The lowest BCUT2D eigenvalue weighted by Gasteiger charge is -2.06. The minimum atomic E-state index is -0.224. The van der Waals surface area contributed by atoms with Gasteiger partial charge in [-0.3, -0.25) is 14.6 Å². The van der Waals surface area contributed by atoms with Gasteiger partial charge in [0.05, 0.1) is 12.8 Å². The Labute approximate surface area is 176 Å². The number of pyridine rings is 1. The molecule has 0 saturated carbocycles. The summed E-state index contributed by atoms with van der Waals surface area (Å²) in [5.41, 5.74) is 7.11. The van der Waals surface area contributed by atoms with Crippen molar-refractivity contribution in [2.24, 2.45) is 5.10 Å². The van der Waals surface area contributed by atoms with Crippen LogP contribution in [0.2, 0.25) is 0 Å². The quantitative estimate of drug-likeness (QED) is 0.448. The summed E-state index contributed by atoms with van der Waals surface area (Å²) in [5, 5.41) is 6.83. The number of carbonyl (C=O) groups excluding carboxylic acids is 2. The summed E-state index contributed by atoms with van der Waals surface area (Å²) in [7, 11) is 0. The van der Waals surface area contributed by atoms with Crippen molar-refractivity contribution in [2.45, 2.75) is 26.3 Å². The molecule has 0 atom stereocenters. The van der Waals surface area contributed by atoms with E-state index in [0.717, 1.165) is 22.3 Å². The number of rotatable bonds is 8. The fourth-order valence-electron chi connectivity index (χ4n) is 2.87. The highest BCUT2D eigenvalue weighted by atomic mass is 16.2. The lowest BCUT2D eigenvalue weighted by molar-refractivity contribution is -0.121. The highest BCUT2D eigenvalue weighted by Gasteiger charge is 2.06. The second-order valence-electron chi connectivity index (χ2n) is 6.94. The average molecular weight is 400 g/mol. The molecule has 0 fully saturated rings. The number of hydrogen-bond acceptors (Lipinski definition) is 4. The zero-order chi connectivity index (χ0) is 21.2. The largest absolute Gasteiger partial charge is 0.352 e. The second-order valence-corrected chi connectivity index (χ2v) is 6.94. The molecule has 1 heterocycles. The molecule has 3 aromatic rings. The van der Waals surface area contributed by atoms with Crippen molar-refractivity contribution >= 4 is 17.5 Å². The highest BCUT2D eigenvalue weighted by Crippen LogP contribution is 2.19. The first kappa shape index (κ1) is 20.9. The number of amides is 2. The fraction of sp³-hybridized carbons (Fsp3) is 0.167. The van der Waals surface area contributed by atoms with Crippen molar-refractivity contribution in [3.05, 3.63) is 90.3 Å². The molecule has 3 rings (SSSR count). The van der Waals surface area contributed by atoms with E-state index in [4.69, 9.17) is 0 Å². The maximum absolute atomic E-state index is 12.1. The topological polar surface area (TPSA) is 83.4 Å². The van der Waals surface area contributed by atoms with Crippen LogP contribution in [0.1, 0.15) is 24.5 Å². The van der Waals surface area contributed by atoms with Gasteiger partial charge in [0.1, 0.15) is 0 Å². The van der Waals surface area contributed by atoms with Crippen molar-refractivity contribution in [3.8, 4) is 11.1 Å². The SMILES string of the molecule is C/C(CC(=O)NCc1cccnc1)=N\NC(=O)Cc1ccc(-c2ccccc2)cc1. The third-order valence-electron chi connectivity index (χ3n) is 4.43. The van der Waals surface area contributed by atoms with Gasteiger partial charge in [0.2, 0.25) is 11.8 Å². The van der Waals surface area contributed by atoms with Crippen LogP contribution in [0.25, 0.3) is 11.1 Å². The number of nitrogens with zero attached hydrogens (tertiary/aromatic N) is 2. The minimum Gasteiger partial charge on any atom is -0.352 e. The van der Waals surface area contributed by atoms with Gasteiger partial charge in [-0.05, 0) is 35.2 Å². The molecule has 0 saturated heterocycles. The van der Waals surface area contributed by atoms with Crippen molar-refractivity contribution in [1.29, 1.82) is 0 Å². The van der Waals surface area contributed by atoms with E-state index in [-0.39, 0.29) is 24.7 Å². The fourth-order valence-corrected chi connectivity index (χ4v) is 2.87. The van der Waals surface area contributed by atoms with Crippen molar-refractivity contribution in [3.63, 3.8) is 0 Å². The third kappa shape index (κ3) is 6.67. The number of nitrogens with one attached hydrogen (secondary N) is 2. The summed E-state index contributed by atoms with van der Waals surface area (Å²) >= 11 is 0. The molecule has 152 valence electrons. The van der Waals surface area contributed by atoms with Gasteiger partial charge in [0.15, 0.2) is 0 Å². The molecule has 0 aliphatic rings. The molecule has 0 aliphatic heterocycles. The summed E-state index contributed by atoms with van der Waals surface area (Å²) in [5.74, 6) is -0.386. The van der Waals surface area contributed by atoms with Gasteiger partial charge < -0.3 is 5.32 Å². The van der Waals surface area contributed by atoms with Crippen molar-refractivity contribution < 1.29 is 9.59 Å². The van der Waals surface area contributed by atoms with Gasteiger partial charge in [-0.25, -0.2) is 5.43 Å². The van der Waals surface area contributed by atoms with Crippen LogP contribution in [0, 0.1) is 0 Å². The minimum absolute atomic E-state index is 0.117. The zero-order valence-corrected chi connectivity index (χ0v) is 16.8. The van der Waals surface area contributed by atoms with Gasteiger partial charge in [-0.1, -0.05) is 60.7 Å². The maximum Gasteiger partial charge on any atom is 0.244 e. The van der Waals surface area contributed by atoms with Gasteiger partial charge in [0, 0.05) is 24.7 Å². The summed E-state index contributed by atoms with van der Waals surface area (Å²) in [6.07, 6.45) is 3.72. The number of hydrazone groups is 1. The van der Waals surface area contributed by atoms with Crippen LogP contribution < -0.4 is 10.7 Å². The number of hydrogen-bond donors (Lipinski definition) is 2. The lowest BCUT2D eigenvalue weighted by atomic mass is 10.0. The Bertz CT molecular complexity index is 1000. The summed E-state index contributed by atoms with van der Waals surface area (Å²) in [6, 6.07) is 21.6. The van der Waals surface area contributed by atoms with Crippen LogP contribution in [-0.4, -0.2) is 22.5 Å². The highest BCUT2D eigenvalue weighted by molar-refractivity contribution is 6.00. The first-order valence-electron chi connectivity index (χ1n) is 9.72. The van der Waals surface area contributed by atoms with E-state index in [9.17, 15) is 9.59 Å². The monoisotopic (exact) mass is 400 g/mol. The molecular weight excluding hydrogens is 376 g/mol. The van der Waals surface area contributed by atoms with Gasteiger partial charge in [0.25, 0.3) is 0 Å². The van der Waals surface area contributed by atoms with Crippen LogP contribution in [0.5, 0.6) is 0 Å². The van der Waals surface area contributed by atoms with Gasteiger partial charge in [-0.2, -0.15) is 5.10 Å². The predicted octanol–water partition coefficient (Wildman–Crippen LogP) is 3.49. The molecule has 2 N–H and O–H groups in total. The van der Waals surface area contributed by atoms with Gasteiger partial charge >= 0.3 is 0 Å². The number of carbonyl (C=O) groups is 2. The van der Waals surface area contributed by atoms with E-state index in [1.807, 2.05) is 66.7 Å². The molecule has 0 bridgehead atoms. The summed E-state index contributed by atoms with van der Waals surface area (Å²) in [4.78, 5) is 28.1. The molecule has 30 heavy (non-hydrogen) atoms. The molecule has 0 unspecified atom stereocenters. The van der Waals surface area contributed by atoms with E-state index in [1.54, 1.807) is 19.3 Å². The maximum atomic E-state index is 12.1. The third-order valence-corrected chi connectivity index (χ3v) is 4.43. The Morgan fingerprint density at radius 2 is 1.60 bits per heavy atom. The summed E-state index contributed by atoms with van der Waals surface area (Å²) < 4.78 is 0. The normalized spacial score (nSPS) is 11.0. The van der Waals surface area contributed by atoms with Gasteiger partial charge in [-0.15, -0.1) is 0 Å². The Balaban J connectivity index is 1.43. The van der Waals surface area contributed by atoms with Crippen LogP contribution in [0.4, 0.5) is 0 Å². The Kier molecular flexibility index (Phi) is 7.44. The van der Waals surface area contributed by atoms with Crippen molar-refractivity contribution in [2.75, 3.05) is 0 Å². The zero-order valence-electron chi connectivity index (χ0n) is 16.8. The first-order chi connectivity index (χ1) is 14.6. The molecule has 1 aromatic heterocycles. The molecule has 0 radical (unpaired) electrons. The van der Waals surface area contributed by atoms with E-state index >= 15 is 0 Å². The predicted molar refractivity (Wildman–Crippen MR) is 118 cm³/mol. The van der Waals surface area contributed by atoms with Crippen LogP contribution in [-0.2, 0) is 22.6 Å². The van der Waals surface area contributed by atoms with Crippen LogP contribution in [0.15, 0.2) is 84.2 Å². The van der Waals surface area contributed by atoms with E-state index in [2.05, 4.69) is 20.8 Å². The Morgan fingerprint density at radius 1 is 0.867 bits per heavy atom. The summed E-state index contributed by atoms with van der Waals surface area (Å²) in [6.45, 7) is 2.11. The standard InChI is InChI=1S/C24H24N4O2/c1-18(14-23(29)26-17-20-6-5-13-25-16-20)27-28-24(30)15-19-9-11-22(12-10-19)21-7-3-2-4-8-21/h2-13,16H,14-15,17H2,1H3,(H,26,29)(H,28,30)/b27-18+. The second kappa shape index (κ2) is 10.7. The molecule has 6 nitrogen and oxygen atoms in total. The smallest absolute Gasteiger partial charge is 0.244 e. The average Bonchev–Trinajstić information content (AvgIpc) is 2.78. The number of aromatic nitrogens is 1. The molecule has 6 heteroatoms. The molecule has 2 amide bonds. The van der Waals surface area contributed by atoms with E-state index in [0.29, 0.717) is 12.3 Å². The van der Waals surface area contributed by atoms with E-state index < -0.39 is 0 Å². The molecule has 0 spiro atoms. The molecular formula is C24H24N4O2. The van der Waals surface area contributed by atoms with Crippen LogP contribution in [0.3, 0.4) is 0 Å². The molecule has 0 aliphatic carbocycles. The van der Waals surface area contributed by atoms with E-state index in [1.165, 1.54) is 0 Å². The first-order valence-corrected chi connectivity index (χ1v) is 9.72. The number of benzene rings is 2. The Hall–Kier alpha value is -3.80. The van der Waals surface area contributed by atoms with Crippen LogP contribution >= 0.6 is 0 Å². The lowest BCUT2D eigenvalue weighted by Crippen LogP contribution is -2.26. The van der Waals surface area contributed by atoms with Crippen molar-refractivity contribution in [1.82, 2.24) is 15.7 Å².